The summed E-state index contributed by atoms with van der Waals surface area (Å²) in [7, 11) is -3.27. The molecule has 0 bridgehead atoms. The molecule has 7 nitrogen and oxygen atoms in total. The SMILES string of the molecule is CS(=O)(=O)CCC(=O)ON1C(=O)CCC1=O. The summed E-state index contributed by atoms with van der Waals surface area (Å²) in [5.74, 6) is -2.45. The molecule has 0 spiro atoms. The van der Waals surface area contributed by atoms with Crippen LogP contribution in [-0.4, -0.2) is 43.3 Å². The van der Waals surface area contributed by atoms with Crippen LogP contribution in [0.2, 0.25) is 0 Å². The van der Waals surface area contributed by atoms with Gasteiger partial charge in [-0.3, -0.25) is 9.59 Å². The second-order valence-electron chi connectivity index (χ2n) is 3.43. The Hall–Kier alpha value is -1.44. The predicted octanol–water partition coefficient (Wildman–Crippen LogP) is -0.972. The third kappa shape index (κ3) is 3.61. The van der Waals surface area contributed by atoms with Crippen LogP contribution < -0.4 is 0 Å². The molecule has 1 aliphatic heterocycles. The van der Waals surface area contributed by atoms with Crippen LogP contribution in [0, 0.1) is 0 Å². The van der Waals surface area contributed by atoms with Crippen LogP contribution in [0.25, 0.3) is 0 Å². The summed E-state index contributed by atoms with van der Waals surface area (Å²) < 4.78 is 21.5. The molecule has 0 saturated carbocycles. The number of hydroxylamine groups is 2. The molecule has 0 atom stereocenters. The van der Waals surface area contributed by atoms with Crippen molar-refractivity contribution in [1.29, 1.82) is 0 Å². The first-order valence-electron chi connectivity index (χ1n) is 4.54. The van der Waals surface area contributed by atoms with E-state index in [0.29, 0.717) is 5.06 Å². The van der Waals surface area contributed by atoms with Gasteiger partial charge in [0.1, 0.15) is 9.84 Å². The molecule has 8 heteroatoms. The van der Waals surface area contributed by atoms with Gasteiger partial charge in [0.05, 0.1) is 12.2 Å². The van der Waals surface area contributed by atoms with E-state index in [1.807, 2.05) is 0 Å². The lowest BCUT2D eigenvalue weighted by Gasteiger charge is -2.11. The summed E-state index contributed by atoms with van der Waals surface area (Å²) in [5.41, 5.74) is 0. The zero-order valence-electron chi connectivity index (χ0n) is 8.63. The van der Waals surface area contributed by atoms with E-state index in [2.05, 4.69) is 4.84 Å². The Morgan fingerprint density at radius 2 is 1.81 bits per heavy atom. The fourth-order valence-corrected chi connectivity index (χ4v) is 1.61. The van der Waals surface area contributed by atoms with Crippen LogP contribution in [0.4, 0.5) is 0 Å². The van der Waals surface area contributed by atoms with Crippen molar-refractivity contribution in [2.75, 3.05) is 12.0 Å². The maximum atomic E-state index is 11.1. The van der Waals surface area contributed by atoms with E-state index in [4.69, 9.17) is 0 Å². The predicted molar refractivity (Wildman–Crippen MR) is 51.5 cm³/mol. The highest BCUT2D eigenvalue weighted by Crippen LogP contribution is 2.12. The number of sulfone groups is 1. The third-order valence-electron chi connectivity index (χ3n) is 1.88. The van der Waals surface area contributed by atoms with Crippen LogP contribution in [-0.2, 0) is 29.1 Å². The van der Waals surface area contributed by atoms with Gasteiger partial charge in [-0.1, -0.05) is 0 Å². The second-order valence-corrected chi connectivity index (χ2v) is 5.68. The van der Waals surface area contributed by atoms with Crippen molar-refractivity contribution < 1.29 is 27.6 Å². The zero-order valence-corrected chi connectivity index (χ0v) is 9.45. The first kappa shape index (κ1) is 12.6. The molecule has 1 heterocycles. The Morgan fingerprint density at radius 1 is 1.31 bits per heavy atom. The number of rotatable bonds is 4. The lowest BCUT2D eigenvalue weighted by atomic mass is 10.4. The number of hydrogen-bond donors (Lipinski definition) is 0. The normalized spacial score (nSPS) is 16.7. The molecule has 0 N–H and O–H groups in total. The molecule has 1 fully saturated rings. The molecule has 0 aromatic rings. The van der Waals surface area contributed by atoms with Gasteiger partial charge in [0.25, 0.3) is 11.8 Å². The van der Waals surface area contributed by atoms with E-state index in [0.717, 1.165) is 6.26 Å². The van der Waals surface area contributed by atoms with Gasteiger partial charge in [-0.05, 0) is 0 Å². The summed E-state index contributed by atoms with van der Waals surface area (Å²) in [6.07, 6.45) is 0.624. The summed E-state index contributed by atoms with van der Waals surface area (Å²) in [5, 5.41) is 0.393. The highest BCUT2D eigenvalue weighted by Gasteiger charge is 2.32. The van der Waals surface area contributed by atoms with E-state index >= 15 is 0 Å². The van der Waals surface area contributed by atoms with Crippen molar-refractivity contribution in [2.45, 2.75) is 19.3 Å². The number of nitrogens with zero attached hydrogens (tertiary/aromatic N) is 1. The average molecular weight is 249 g/mol. The number of carbonyl (C=O) groups is 3. The monoisotopic (exact) mass is 249 g/mol. The average Bonchev–Trinajstić information content (AvgIpc) is 2.45. The van der Waals surface area contributed by atoms with Crippen molar-refractivity contribution in [3.05, 3.63) is 0 Å². The Labute approximate surface area is 92.2 Å². The molecular weight excluding hydrogens is 238 g/mol. The smallest absolute Gasteiger partial charge is 0.330 e. The van der Waals surface area contributed by atoms with Crippen LogP contribution in [0.15, 0.2) is 0 Å². The Bertz CT molecular complexity index is 410. The molecule has 1 rings (SSSR count). The lowest BCUT2D eigenvalue weighted by Crippen LogP contribution is -2.32. The van der Waals surface area contributed by atoms with Crippen molar-refractivity contribution in [3.63, 3.8) is 0 Å². The van der Waals surface area contributed by atoms with Gasteiger partial charge in [0, 0.05) is 19.1 Å². The van der Waals surface area contributed by atoms with Gasteiger partial charge in [-0.2, -0.15) is 0 Å². The molecule has 16 heavy (non-hydrogen) atoms. The summed E-state index contributed by atoms with van der Waals surface area (Å²) in [6.45, 7) is 0. The molecule has 0 radical (unpaired) electrons. The largest absolute Gasteiger partial charge is 0.334 e. The minimum Gasteiger partial charge on any atom is -0.330 e. The Morgan fingerprint density at radius 3 is 2.25 bits per heavy atom. The number of amides is 2. The number of hydrogen-bond acceptors (Lipinski definition) is 6. The molecule has 2 amide bonds. The molecular formula is C8H11NO6S. The van der Waals surface area contributed by atoms with E-state index in [-0.39, 0.29) is 25.0 Å². The fourth-order valence-electron chi connectivity index (χ4n) is 1.07. The fraction of sp³-hybridized carbons (Fsp3) is 0.625. The topological polar surface area (TPSA) is 97.8 Å². The van der Waals surface area contributed by atoms with Crippen LogP contribution in [0.3, 0.4) is 0 Å². The second kappa shape index (κ2) is 4.60. The first-order valence-corrected chi connectivity index (χ1v) is 6.60. The van der Waals surface area contributed by atoms with Crippen LogP contribution in [0.1, 0.15) is 19.3 Å². The van der Waals surface area contributed by atoms with Gasteiger partial charge in [0.2, 0.25) is 0 Å². The quantitative estimate of drug-likeness (QED) is 0.594. The summed E-state index contributed by atoms with van der Waals surface area (Å²) in [4.78, 5) is 37.6. The van der Waals surface area contributed by atoms with Gasteiger partial charge in [0.15, 0.2) is 0 Å². The van der Waals surface area contributed by atoms with Crippen LogP contribution >= 0.6 is 0 Å². The van der Waals surface area contributed by atoms with Crippen molar-refractivity contribution in [2.24, 2.45) is 0 Å². The van der Waals surface area contributed by atoms with Gasteiger partial charge in [-0.25, -0.2) is 13.2 Å². The van der Waals surface area contributed by atoms with Crippen molar-refractivity contribution in [1.82, 2.24) is 5.06 Å². The van der Waals surface area contributed by atoms with E-state index in [1.165, 1.54) is 0 Å². The van der Waals surface area contributed by atoms with E-state index in [9.17, 15) is 22.8 Å². The lowest BCUT2D eigenvalue weighted by molar-refractivity contribution is -0.197. The molecule has 90 valence electrons. The minimum atomic E-state index is -3.27. The van der Waals surface area contributed by atoms with E-state index < -0.39 is 27.6 Å². The summed E-state index contributed by atoms with van der Waals surface area (Å²) in [6, 6.07) is 0. The van der Waals surface area contributed by atoms with Crippen molar-refractivity contribution in [3.8, 4) is 0 Å². The highest BCUT2D eigenvalue weighted by molar-refractivity contribution is 7.90. The highest BCUT2D eigenvalue weighted by atomic mass is 32.2. The molecule has 1 saturated heterocycles. The summed E-state index contributed by atoms with van der Waals surface area (Å²) >= 11 is 0. The molecule has 0 unspecified atom stereocenters. The van der Waals surface area contributed by atoms with E-state index in [1.54, 1.807) is 0 Å². The van der Waals surface area contributed by atoms with Gasteiger partial charge >= 0.3 is 5.97 Å². The maximum absolute atomic E-state index is 11.1. The van der Waals surface area contributed by atoms with Gasteiger partial charge in [-0.15, -0.1) is 5.06 Å². The number of carbonyl (C=O) groups excluding carboxylic acids is 3. The maximum Gasteiger partial charge on any atom is 0.334 e. The minimum absolute atomic E-state index is 0.0121. The Kier molecular flexibility index (Phi) is 3.63. The van der Waals surface area contributed by atoms with Gasteiger partial charge < -0.3 is 4.84 Å². The molecule has 0 aromatic heterocycles. The van der Waals surface area contributed by atoms with Crippen molar-refractivity contribution >= 4 is 27.6 Å². The third-order valence-corrected chi connectivity index (χ3v) is 2.82. The van der Waals surface area contributed by atoms with Crippen LogP contribution in [0.5, 0.6) is 0 Å². The Balaban J connectivity index is 2.46. The molecule has 0 aromatic carbocycles. The molecule has 0 aliphatic carbocycles. The molecule has 1 aliphatic rings. The zero-order chi connectivity index (χ0) is 12.3. The first-order chi connectivity index (χ1) is 7.29. The standard InChI is InChI=1S/C8H11NO6S/c1-16(13,14)5-4-8(12)15-9-6(10)2-3-7(9)11/h2-5H2,1H3. The number of imide groups is 1.